The predicted molar refractivity (Wildman–Crippen MR) is 71.8 cm³/mol. The fourth-order valence-electron chi connectivity index (χ4n) is 1.47. The minimum absolute atomic E-state index is 0.0207. The lowest BCUT2D eigenvalue weighted by Gasteiger charge is -2.13. The quantitative estimate of drug-likeness (QED) is 0.773. The van der Waals surface area contributed by atoms with Gasteiger partial charge in [0.25, 0.3) is 5.91 Å². The molecule has 100 valence electrons. The molecule has 2 N–H and O–H groups in total. The molecule has 0 aliphatic carbocycles. The molecule has 0 spiro atoms. The summed E-state index contributed by atoms with van der Waals surface area (Å²) in [5.74, 6) is -0.176. The second-order valence-corrected chi connectivity index (χ2v) is 4.00. The summed E-state index contributed by atoms with van der Waals surface area (Å²) in [7, 11) is 0. The zero-order valence-electron chi connectivity index (χ0n) is 11.2. The molecule has 0 aliphatic rings. The van der Waals surface area contributed by atoms with Crippen molar-refractivity contribution in [2.45, 2.75) is 26.8 Å². The zero-order chi connectivity index (χ0) is 13.4. The van der Waals surface area contributed by atoms with Crippen LogP contribution in [0.3, 0.4) is 0 Å². The largest absolute Gasteiger partial charge is 0.384 e. The molecule has 0 fully saturated rings. The van der Waals surface area contributed by atoms with E-state index >= 15 is 0 Å². The highest BCUT2D eigenvalue weighted by atomic mass is 16.5. The van der Waals surface area contributed by atoms with E-state index in [0.29, 0.717) is 18.9 Å². The van der Waals surface area contributed by atoms with Crippen molar-refractivity contribution in [3.8, 4) is 0 Å². The van der Waals surface area contributed by atoms with Crippen LogP contribution >= 0.6 is 0 Å². The highest BCUT2D eigenvalue weighted by Crippen LogP contribution is 2.05. The Balaban J connectivity index is 2.50. The molecule has 1 unspecified atom stereocenters. The summed E-state index contributed by atoms with van der Waals surface area (Å²) in [6.07, 6.45) is 1.66. The third-order valence-electron chi connectivity index (χ3n) is 2.33. The Morgan fingerprint density at radius 3 is 2.78 bits per heavy atom. The van der Waals surface area contributed by atoms with Gasteiger partial charge in [0.1, 0.15) is 5.69 Å². The van der Waals surface area contributed by atoms with E-state index in [9.17, 15) is 4.79 Å². The summed E-state index contributed by atoms with van der Waals surface area (Å²) in [5.41, 5.74) is 1.33. The van der Waals surface area contributed by atoms with E-state index in [4.69, 9.17) is 4.74 Å². The number of nitrogens with one attached hydrogen (secondary N) is 2. The van der Waals surface area contributed by atoms with Crippen molar-refractivity contribution >= 4 is 11.6 Å². The fraction of sp³-hybridized carbons (Fsp3) is 0.538. The fourth-order valence-corrected chi connectivity index (χ4v) is 1.47. The van der Waals surface area contributed by atoms with E-state index in [1.165, 1.54) is 0 Å². The number of carbonyl (C=O) groups excluding carboxylic acids is 1. The molecule has 0 saturated carbocycles. The Morgan fingerprint density at radius 2 is 2.22 bits per heavy atom. The Hall–Kier alpha value is -1.62. The van der Waals surface area contributed by atoms with Crippen molar-refractivity contribution in [1.82, 2.24) is 10.3 Å². The number of ether oxygens (including phenoxy) is 1. The van der Waals surface area contributed by atoms with Gasteiger partial charge < -0.3 is 15.4 Å². The van der Waals surface area contributed by atoms with Gasteiger partial charge in [-0.3, -0.25) is 4.79 Å². The maximum atomic E-state index is 11.8. The molecule has 1 amide bonds. The number of aromatic nitrogens is 1. The highest BCUT2D eigenvalue weighted by molar-refractivity contribution is 5.92. The lowest BCUT2D eigenvalue weighted by atomic mass is 10.3. The van der Waals surface area contributed by atoms with E-state index in [-0.39, 0.29) is 11.9 Å². The lowest BCUT2D eigenvalue weighted by molar-refractivity contribution is 0.0867. The summed E-state index contributed by atoms with van der Waals surface area (Å²) in [6, 6.07) is 3.53. The van der Waals surface area contributed by atoms with Gasteiger partial charge in [-0.2, -0.15) is 0 Å². The third kappa shape index (κ3) is 4.71. The average molecular weight is 251 g/mol. The SMILES string of the molecule is CCNc1ccc(C(=O)NC(C)COCC)nc1. The van der Waals surface area contributed by atoms with Crippen LogP contribution in [0.25, 0.3) is 0 Å². The van der Waals surface area contributed by atoms with Crippen molar-refractivity contribution in [2.75, 3.05) is 25.1 Å². The molecule has 0 aromatic carbocycles. The van der Waals surface area contributed by atoms with Crippen LogP contribution in [0, 0.1) is 0 Å². The van der Waals surface area contributed by atoms with Crippen molar-refractivity contribution in [1.29, 1.82) is 0 Å². The molecule has 18 heavy (non-hydrogen) atoms. The smallest absolute Gasteiger partial charge is 0.270 e. The molecule has 0 bridgehead atoms. The molecule has 1 heterocycles. The van der Waals surface area contributed by atoms with Crippen molar-refractivity contribution in [3.05, 3.63) is 24.0 Å². The van der Waals surface area contributed by atoms with E-state index in [2.05, 4.69) is 15.6 Å². The minimum atomic E-state index is -0.176. The molecular formula is C13H21N3O2. The second kappa shape index (κ2) is 7.66. The Morgan fingerprint density at radius 1 is 1.44 bits per heavy atom. The second-order valence-electron chi connectivity index (χ2n) is 4.00. The first kappa shape index (κ1) is 14.4. The van der Waals surface area contributed by atoms with Gasteiger partial charge in [0, 0.05) is 19.2 Å². The molecule has 1 aromatic rings. The number of rotatable bonds is 7. The van der Waals surface area contributed by atoms with Gasteiger partial charge in [0.05, 0.1) is 18.5 Å². The monoisotopic (exact) mass is 251 g/mol. The topological polar surface area (TPSA) is 63.2 Å². The Bertz CT molecular complexity index is 365. The first-order chi connectivity index (χ1) is 8.67. The van der Waals surface area contributed by atoms with Crippen LogP contribution in [-0.2, 0) is 4.74 Å². The minimum Gasteiger partial charge on any atom is -0.384 e. The van der Waals surface area contributed by atoms with Crippen LogP contribution in [0.5, 0.6) is 0 Å². The normalized spacial score (nSPS) is 11.9. The van der Waals surface area contributed by atoms with E-state index in [1.807, 2.05) is 26.8 Å². The predicted octanol–water partition coefficient (Wildman–Crippen LogP) is 1.67. The van der Waals surface area contributed by atoms with Gasteiger partial charge >= 0.3 is 0 Å². The van der Waals surface area contributed by atoms with Crippen LogP contribution in [0.2, 0.25) is 0 Å². The van der Waals surface area contributed by atoms with Gasteiger partial charge in [-0.15, -0.1) is 0 Å². The van der Waals surface area contributed by atoms with E-state index < -0.39 is 0 Å². The van der Waals surface area contributed by atoms with E-state index in [1.54, 1.807) is 12.3 Å². The standard InChI is InChI=1S/C13H21N3O2/c1-4-14-11-6-7-12(15-8-11)13(17)16-10(3)9-18-5-2/h6-8,10,14H,4-5,9H2,1-3H3,(H,16,17). The number of pyridine rings is 1. The number of carbonyl (C=O) groups is 1. The number of anilines is 1. The maximum Gasteiger partial charge on any atom is 0.270 e. The third-order valence-corrected chi connectivity index (χ3v) is 2.33. The molecule has 0 radical (unpaired) electrons. The molecular weight excluding hydrogens is 230 g/mol. The summed E-state index contributed by atoms with van der Waals surface area (Å²) in [6.45, 7) is 7.83. The molecule has 1 atom stereocenters. The van der Waals surface area contributed by atoms with E-state index in [0.717, 1.165) is 12.2 Å². The summed E-state index contributed by atoms with van der Waals surface area (Å²) in [5, 5.41) is 5.96. The molecule has 5 heteroatoms. The van der Waals surface area contributed by atoms with Crippen LogP contribution in [-0.4, -0.2) is 36.7 Å². The Labute approximate surface area is 108 Å². The summed E-state index contributed by atoms with van der Waals surface area (Å²) >= 11 is 0. The molecule has 0 saturated heterocycles. The van der Waals surface area contributed by atoms with Gasteiger partial charge in [-0.1, -0.05) is 0 Å². The highest BCUT2D eigenvalue weighted by Gasteiger charge is 2.10. The lowest BCUT2D eigenvalue weighted by Crippen LogP contribution is -2.36. The first-order valence-electron chi connectivity index (χ1n) is 6.25. The van der Waals surface area contributed by atoms with Gasteiger partial charge in [-0.05, 0) is 32.9 Å². The molecule has 1 aromatic heterocycles. The molecule has 0 aliphatic heterocycles. The van der Waals surface area contributed by atoms with Gasteiger partial charge in [0.2, 0.25) is 0 Å². The van der Waals surface area contributed by atoms with Crippen LogP contribution < -0.4 is 10.6 Å². The number of hydrogen-bond donors (Lipinski definition) is 2. The first-order valence-corrected chi connectivity index (χ1v) is 6.25. The number of hydrogen-bond acceptors (Lipinski definition) is 4. The Kier molecular flexibility index (Phi) is 6.14. The zero-order valence-corrected chi connectivity index (χ0v) is 11.2. The average Bonchev–Trinajstić information content (AvgIpc) is 2.37. The van der Waals surface area contributed by atoms with Crippen molar-refractivity contribution in [3.63, 3.8) is 0 Å². The van der Waals surface area contributed by atoms with Crippen molar-refractivity contribution in [2.24, 2.45) is 0 Å². The summed E-state index contributed by atoms with van der Waals surface area (Å²) in [4.78, 5) is 16.0. The van der Waals surface area contributed by atoms with Crippen LogP contribution in [0.1, 0.15) is 31.3 Å². The van der Waals surface area contributed by atoms with Crippen LogP contribution in [0.4, 0.5) is 5.69 Å². The molecule has 1 rings (SSSR count). The maximum absolute atomic E-state index is 11.8. The number of nitrogens with zero attached hydrogens (tertiary/aromatic N) is 1. The number of amides is 1. The summed E-state index contributed by atoms with van der Waals surface area (Å²) < 4.78 is 5.24. The van der Waals surface area contributed by atoms with Gasteiger partial charge in [-0.25, -0.2) is 4.98 Å². The van der Waals surface area contributed by atoms with Crippen molar-refractivity contribution < 1.29 is 9.53 Å². The van der Waals surface area contributed by atoms with Crippen LogP contribution in [0.15, 0.2) is 18.3 Å². The van der Waals surface area contributed by atoms with Gasteiger partial charge in [0.15, 0.2) is 0 Å². The molecule has 5 nitrogen and oxygen atoms in total.